The highest BCUT2D eigenvalue weighted by Gasteiger charge is 2.21. The number of nitrogens with zero attached hydrogens (tertiary/aromatic N) is 5. The third-order valence-corrected chi connectivity index (χ3v) is 7.24. The Balaban J connectivity index is 1.30. The van der Waals surface area contributed by atoms with Crippen molar-refractivity contribution in [3.63, 3.8) is 0 Å². The highest BCUT2D eigenvalue weighted by molar-refractivity contribution is 6.05. The molecule has 9 heteroatoms. The summed E-state index contributed by atoms with van der Waals surface area (Å²) in [5.74, 6) is 0.421. The zero-order chi connectivity index (χ0) is 27.2. The highest BCUT2D eigenvalue weighted by atomic mass is 19.1. The first-order valence-corrected chi connectivity index (χ1v) is 13.2. The largest absolute Gasteiger partial charge is 0.323 e. The van der Waals surface area contributed by atoms with Gasteiger partial charge in [-0.15, -0.1) is 0 Å². The number of amides is 1. The minimum absolute atomic E-state index is 0.340. The maximum absolute atomic E-state index is 14.0. The molecule has 3 aromatic heterocycles. The molecule has 0 spiro atoms. The van der Waals surface area contributed by atoms with Crippen LogP contribution in [-0.4, -0.2) is 50.4 Å². The maximum atomic E-state index is 14.0. The average Bonchev–Trinajstić information content (AvgIpc) is 2.99. The van der Waals surface area contributed by atoms with E-state index in [4.69, 9.17) is 0 Å². The van der Waals surface area contributed by atoms with E-state index in [1.807, 2.05) is 37.3 Å². The van der Waals surface area contributed by atoms with Crippen LogP contribution in [0.4, 0.5) is 21.7 Å². The maximum Gasteiger partial charge on any atom is 0.257 e. The van der Waals surface area contributed by atoms with Gasteiger partial charge in [0.1, 0.15) is 6.67 Å². The van der Waals surface area contributed by atoms with Crippen LogP contribution in [-0.2, 0) is 6.67 Å². The average molecular weight is 526 g/mol. The molecule has 1 amide bonds. The molecule has 2 N–H and O–H groups in total. The number of rotatable bonds is 8. The fraction of sp³-hybridized carbons (Fsp3) is 0.300. The molecule has 200 valence electrons. The number of hydrogen-bond donors (Lipinski definition) is 2. The van der Waals surface area contributed by atoms with Crippen molar-refractivity contribution < 1.29 is 9.18 Å². The summed E-state index contributed by atoms with van der Waals surface area (Å²) >= 11 is 0. The van der Waals surface area contributed by atoms with Crippen molar-refractivity contribution in [1.29, 1.82) is 0 Å². The second-order valence-corrected chi connectivity index (χ2v) is 9.70. The Bertz CT molecular complexity index is 1440. The van der Waals surface area contributed by atoms with E-state index in [2.05, 4.69) is 42.4 Å². The number of aromatic nitrogens is 4. The minimum atomic E-state index is -0.652. The van der Waals surface area contributed by atoms with E-state index in [-0.39, 0.29) is 5.91 Å². The Labute approximate surface area is 227 Å². The monoisotopic (exact) mass is 525 g/mol. The molecule has 4 aromatic rings. The molecule has 0 aliphatic carbocycles. The van der Waals surface area contributed by atoms with Crippen molar-refractivity contribution in [1.82, 2.24) is 24.8 Å². The topological polar surface area (TPSA) is 95.9 Å². The molecule has 39 heavy (non-hydrogen) atoms. The fourth-order valence-corrected chi connectivity index (χ4v) is 4.88. The number of halogens is 1. The van der Waals surface area contributed by atoms with Crippen LogP contribution in [0.2, 0.25) is 0 Å². The number of nitrogens with one attached hydrogen (secondary N) is 2. The summed E-state index contributed by atoms with van der Waals surface area (Å²) in [5, 5.41) is 6.04. The molecule has 0 atom stereocenters. The molecule has 1 fully saturated rings. The van der Waals surface area contributed by atoms with Gasteiger partial charge in [0.15, 0.2) is 0 Å². The Morgan fingerprint density at radius 2 is 1.90 bits per heavy atom. The second-order valence-electron chi connectivity index (χ2n) is 9.70. The van der Waals surface area contributed by atoms with Gasteiger partial charge >= 0.3 is 0 Å². The van der Waals surface area contributed by atoms with E-state index in [1.165, 1.54) is 6.20 Å². The molecular formula is C30H32FN7O. The first-order valence-electron chi connectivity index (χ1n) is 13.2. The van der Waals surface area contributed by atoms with Crippen molar-refractivity contribution in [3.05, 3.63) is 89.6 Å². The van der Waals surface area contributed by atoms with Gasteiger partial charge in [-0.2, -0.15) is 0 Å². The van der Waals surface area contributed by atoms with E-state index < -0.39 is 6.67 Å². The molecule has 8 nitrogen and oxygen atoms in total. The van der Waals surface area contributed by atoms with Crippen LogP contribution in [0.25, 0.3) is 11.3 Å². The number of carbonyl (C=O) groups is 1. The van der Waals surface area contributed by atoms with Crippen molar-refractivity contribution in [2.75, 3.05) is 30.3 Å². The Morgan fingerprint density at radius 1 is 1.05 bits per heavy atom. The smallest absolute Gasteiger partial charge is 0.257 e. The summed E-state index contributed by atoms with van der Waals surface area (Å²) < 4.78 is 14.0. The van der Waals surface area contributed by atoms with Gasteiger partial charge in [0.05, 0.1) is 22.6 Å². The third-order valence-electron chi connectivity index (χ3n) is 7.24. The van der Waals surface area contributed by atoms with E-state index in [0.717, 1.165) is 49.3 Å². The van der Waals surface area contributed by atoms with Crippen molar-refractivity contribution >= 4 is 23.2 Å². The van der Waals surface area contributed by atoms with Gasteiger partial charge in [-0.3, -0.25) is 14.8 Å². The van der Waals surface area contributed by atoms with Crippen LogP contribution >= 0.6 is 0 Å². The number of aryl methyl sites for hydroxylation is 1. The summed E-state index contributed by atoms with van der Waals surface area (Å²) in [7, 11) is 0. The van der Waals surface area contributed by atoms with Crippen LogP contribution in [0.15, 0.2) is 67.3 Å². The highest BCUT2D eigenvalue weighted by Crippen LogP contribution is 2.31. The third kappa shape index (κ3) is 6.26. The number of alkyl halides is 1. The number of piperidine rings is 1. The van der Waals surface area contributed by atoms with Gasteiger partial charge in [-0.1, -0.05) is 19.1 Å². The number of anilines is 3. The number of benzene rings is 1. The zero-order valence-electron chi connectivity index (χ0n) is 22.2. The lowest BCUT2D eigenvalue weighted by atomic mass is 9.88. The van der Waals surface area contributed by atoms with Gasteiger partial charge in [0.25, 0.3) is 5.91 Å². The van der Waals surface area contributed by atoms with E-state index in [1.54, 1.807) is 30.7 Å². The Morgan fingerprint density at radius 3 is 2.64 bits per heavy atom. The molecule has 0 saturated carbocycles. The van der Waals surface area contributed by atoms with Crippen LogP contribution in [0, 0.1) is 6.92 Å². The molecule has 0 radical (unpaired) electrons. The molecule has 1 aliphatic rings. The molecule has 0 unspecified atom stereocenters. The van der Waals surface area contributed by atoms with Gasteiger partial charge in [-0.05, 0) is 81.2 Å². The second kappa shape index (κ2) is 12.1. The first kappa shape index (κ1) is 26.4. The standard InChI is InChI=1S/C30H32FN7O/c1-3-38-13-9-21(10-14-38)22-6-7-26(24(15-22)17-31)35-29(39)25-16-28(20(2)34-19-25)37-30-33-12-8-27(36-30)23-5-4-11-32-18-23/h4-8,11-12,15-16,18-19,21H,3,9-10,13-14,17H2,1-2H3,(H,35,39)(H,33,36,37). The van der Waals surface area contributed by atoms with E-state index >= 15 is 0 Å². The molecule has 1 aromatic carbocycles. The molecule has 5 rings (SSSR count). The fourth-order valence-electron chi connectivity index (χ4n) is 4.88. The summed E-state index contributed by atoms with van der Waals surface area (Å²) in [6.07, 6.45) is 8.73. The predicted octanol–water partition coefficient (Wildman–Crippen LogP) is 5.91. The van der Waals surface area contributed by atoms with Gasteiger partial charge in [0.2, 0.25) is 5.95 Å². The number of likely N-dealkylation sites (tertiary alicyclic amines) is 1. The Kier molecular flexibility index (Phi) is 8.17. The quantitative estimate of drug-likeness (QED) is 0.295. The van der Waals surface area contributed by atoms with Crippen LogP contribution in [0.5, 0.6) is 0 Å². The van der Waals surface area contributed by atoms with Gasteiger partial charge in [-0.25, -0.2) is 14.4 Å². The number of hydrogen-bond acceptors (Lipinski definition) is 7. The van der Waals surface area contributed by atoms with E-state index in [0.29, 0.717) is 40.1 Å². The minimum Gasteiger partial charge on any atom is -0.323 e. The molecule has 4 heterocycles. The van der Waals surface area contributed by atoms with Crippen molar-refractivity contribution in [3.8, 4) is 11.3 Å². The van der Waals surface area contributed by atoms with Crippen LogP contribution in [0.1, 0.15) is 52.9 Å². The van der Waals surface area contributed by atoms with Gasteiger partial charge < -0.3 is 15.5 Å². The molecule has 1 saturated heterocycles. The number of carbonyl (C=O) groups excluding carboxylic acids is 1. The molecular weight excluding hydrogens is 493 g/mol. The first-order chi connectivity index (χ1) is 19.0. The Hall–Kier alpha value is -4.24. The SMILES string of the molecule is CCN1CCC(c2ccc(NC(=O)c3cnc(C)c(Nc4nccc(-c5cccnc5)n4)c3)c(CF)c2)CC1. The lowest BCUT2D eigenvalue weighted by molar-refractivity contribution is 0.102. The van der Waals surface area contributed by atoms with Crippen molar-refractivity contribution in [2.24, 2.45) is 0 Å². The normalized spacial score (nSPS) is 14.2. The summed E-state index contributed by atoms with van der Waals surface area (Å²) in [6, 6.07) is 13.0. The van der Waals surface area contributed by atoms with Crippen LogP contribution < -0.4 is 10.6 Å². The van der Waals surface area contributed by atoms with Crippen LogP contribution in [0.3, 0.4) is 0 Å². The zero-order valence-corrected chi connectivity index (χ0v) is 22.2. The number of pyridine rings is 2. The molecule has 1 aliphatic heterocycles. The van der Waals surface area contributed by atoms with Gasteiger partial charge in [0, 0.05) is 41.6 Å². The summed E-state index contributed by atoms with van der Waals surface area (Å²) in [6.45, 7) is 6.53. The lowest BCUT2D eigenvalue weighted by Gasteiger charge is -2.31. The van der Waals surface area contributed by atoms with Crippen molar-refractivity contribution in [2.45, 2.75) is 39.3 Å². The summed E-state index contributed by atoms with van der Waals surface area (Å²) in [4.78, 5) is 33.0. The van der Waals surface area contributed by atoms with E-state index in [9.17, 15) is 9.18 Å². The predicted molar refractivity (Wildman–Crippen MR) is 151 cm³/mol. The molecule has 0 bridgehead atoms. The lowest BCUT2D eigenvalue weighted by Crippen LogP contribution is -2.32. The summed E-state index contributed by atoms with van der Waals surface area (Å²) in [5.41, 5.74) is 5.30.